The Bertz CT molecular complexity index is 1210. The van der Waals surface area contributed by atoms with E-state index in [1.165, 1.54) is 11.8 Å². The van der Waals surface area contributed by atoms with Crippen LogP contribution >= 0.6 is 11.8 Å². The molecule has 3 aromatic rings. The maximum Gasteiger partial charge on any atom is 0.230 e. The van der Waals surface area contributed by atoms with Crippen molar-refractivity contribution in [1.29, 1.82) is 0 Å². The van der Waals surface area contributed by atoms with E-state index in [9.17, 15) is 4.79 Å². The highest BCUT2D eigenvalue weighted by Gasteiger charge is 2.19. The highest BCUT2D eigenvalue weighted by atomic mass is 32.2. The molecule has 0 saturated heterocycles. The maximum atomic E-state index is 12.3. The summed E-state index contributed by atoms with van der Waals surface area (Å²) in [7, 11) is 3.20. The topological polar surface area (TPSA) is 105 Å². The summed E-state index contributed by atoms with van der Waals surface area (Å²) in [6.45, 7) is 8.79. The van der Waals surface area contributed by atoms with Crippen LogP contribution in [0.2, 0.25) is 0 Å². The molecule has 1 aromatic heterocycles. The number of aromatic nitrogens is 3. The average Bonchev–Trinajstić information content (AvgIpc) is 2.92. The van der Waals surface area contributed by atoms with Crippen molar-refractivity contribution in [1.82, 2.24) is 20.5 Å². The second-order valence-corrected chi connectivity index (χ2v) is 9.00. The molecule has 9 nitrogen and oxygen atoms in total. The molecule has 1 N–H and O–H groups in total. The van der Waals surface area contributed by atoms with Gasteiger partial charge in [0.25, 0.3) is 0 Å². The van der Waals surface area contributed by atoms with Gasteiger partial charge in [0, 0.05) is 17.2 Å². The van der Waals surface area contributed by atoms with E-state index in [1.54, 1.807) is 14.2 Å². The molecule has 2 aromatic carbocycles. The highest BCUT2D eigenvalue weighted by molar-refractivity contribution is 7.99. The number of nitrogens with one attached hydrogen (secondary N) is 1. The Morgan fingerprint density at radius 2 is 1.43 bits per heavy atom. The van der Waals surface area contributed by atoms with Gasteiger partial charge in [-0.15, -0.1) is 10.2 Å². The molecule has 37 heavy (non-hydrogen) atoms. The molecule has 10 heteroatoms. The van der Waals surface area contributed by atoms with Gasteiger partial charge in [-0.25, -0.2) is 4.98 Å². The molecule has 0 fully saturated rings. The Labute approximate surface area is 222 Å². The summed E-state index contributed by atoms with van der Waals surface area (Å²) >= 11 is 1.24. The Kier molecular flexibility index (Phi) is 10.4. The van der Waals surface area contributed by atoms with Gasteiger partial charge >= 0.3 is 0 Å². The van der Waals surface area contributed by atoms with E-state index in [1.807, 2.05) is 64.1 Å². The van der Waals surface area contributed by atoms with Gasteiger partial charge in [0.1, 0.15) is 11.4 Å². The van der Waals surface area contributed by atoms with Crippen molar-refractivity contribution in [3.63, 3.8) is 0 Å². The van der Waals surface area contributed by atoms with E-state index < -0.39 is 0 Å². The summed E-state index contributed by atoms with van der Waals surface area (Å²) < 4.78 is 22.4. The van der Waals surface area contributed by atoms with Gasteiger partial charge in [-0.2, -0.15) is 0 Å². The monoisotopic (exact) mass is 526 g/mol. The highest BCUT2D eigenvalue weighted by Crippen LogP contribution is 2.38. The number of carbonyl (C=O) groups is 1. The standard InChI is InChI=1S/C27H34N4O5S/c1-7-17(4)28-24(32)16-37-27-29-25(18-10-12-20(33-5)22(14-18)35-8-2)26(30-31-27)19-11-13-21(34-6)23(15-19)36-9-3/h10-15,17H,7-9,16H2,1-6H3,(H,28,32)/t17-/m0/s1. The van der Waals surface area contributed by atoms with Crippen LogP contribution in [0, 0.1) is 0 Å². The summed E-state index contributed by atoms with van der Waals surface area (Å²) in [5.74, 6) is 2.55. The molecule has 3 rings (SSSR count). The van der Waals surface area contributed by atoms with E-state index in [0.717, 1.165) is 17.5 Å². The number of nitrogens with zero attached hydrogens (tertiary/aromatic N) is 3. The van der Waals surface area contributed by atoms with Crippen LogP contribution in [0.4, 0.5) is 0 Å². The normalized spacial score (nSPS) is 11.5. The first-order valence-electron chi connectivity index (χ1n) is 12.2. The minimum atomic E-state index is -0.0758. The molecular weight excluding hydrogens is 492 g/mol. The molecule has 0 unspecified atom stereocenters. The molecule has 0 bridgehead atoms. The number of rotatable bonds is 13. The van der Waals surface area contributed by atoms with Crippen molar-refractivity contribution >= 4 is 17.7 Å². The Morgan fingerprint density at radius 3 is 1.95 bits per heavy atom. The molecule has 0 aliphatic heterocycles. The second-order valence-electron chi connectivity index (χ2n) is 8.05. The number of benzene rings is 2. The van der Waals surface area contributed by atoms with Gasteiger partial charge in [0.05, 0.1) is 33.2 Å². The number of amides is 1. The van der Waals surface area contributed by atoms with E-state index in [2.05, 4.69) is 15.5 Å². The number of hydrogen-bond acceptors (Lipinski definition) is 9. The summed E-state index contributed by atoms with van der Waals surface area (Å²) in [5.41, 5.74) is 2.69. The quantitative estimate of drug-likeness (QED) is 0.307. The van der Waals surface area contributed by atoms with Gasteiger partial charge in [-0.3, -0.25) is 4.79 Å². The lowest BCUT2D eigenvalue weighted by atomic mass is 10.0. The van der Waals surface area contributed by atoms with Crippen LogP contribution in [-0.4, -0.2) is 60.3 Å². The lowest BCUT2D eigenvalue weighted by Gasteiger charge is -2.15. The SMILES string of the molecule is CCOc1cc(-c2nnc(SCC(=O)N[C@@H](C)CC)nc2-c2ccc(OC)c(OCC)c2)ccc1OC. The molecule has 198 valence electrons. The molecule has 1 heterocycles. The van der Waals surface area contributed by atoms with Gasteiger partial charge < -0.3 is 24.3 Å². The van der Waals surface area contributed by atoms with Crippen LogP contribution in [0.25, 0.3) is 22.5 Å². The summed E-state index contributed by atoms with van der Waals surface area (Å²) in [4.78, 5) is 17.1. The van der Waals surface area contributed by atoms with Gasteiger partial charge in [-0.05, 0) is 63.6 Å². The first-order valence-corrected chi connectivity index (χ1v) is 13.2. The van der Waals surface area contributed by atoms with Gasteiger partial charge in [-0.1, -0.05) is 18.7 Å². The van der Waals surface area contributed by atoms with Crippen LogP contribution < -0.4 is 24.3 Å². The zero-order valence-corrected chi connectivity index (χ0v) is 23.0. The average molecular weight is 527 g/mol. The molecular formula is C27H34N4O5S. The Balaban J connectivity index is 2.06. The fourth-order valence-corrected chi connectivity index (χ4v) is 4.10. The largest absolute Gasteiger partial charge is 0.493 e. The first kappa shape index (κ1) is 28.0. The minimum Gasteiger partial charge on any atom is -0.493 e. The predicted octanol–water partition coefficient (Wildman–Crippen LogP) is 5.03. The van der Waals surface area contributed by atoms with Crippen LogP contribution in [0.5, 0.6) is 23.0 Å². The smallest absolute Gasteiger partial charge is 0.230 e. The maximum absolute atomic E-state index is 12.3. The minimum absolute atomic E-state index is 0.0758. The predicted molar refractivity (Wildman–Crippen MR) is 145 cm³/mol. The number of thioether (sulfide) groups is 1. The fourth-order valence-electron chi connectivity index (χ4n) is 3.50. The molecule has 0 radical (unpaired) electrons. The molecule has 0 aliphatic carbocycles. The van der Waals surface area contributed by atoms with Crippen LogP contribution in [-0.2, 0) is 4.79 Å². The fraction of sp³-hybridized carbons (Fsp3) is 0.407. The first-order chi connectivity index (χ1) is 17.9. The molecule has 1 atom stereocenters. The third-order valence-corrected chi connectivity index (χ3v) is 6.33. The zero-order chi connectivity index (χ0) is 26.8. The molecule has 1 amide bonds. The number of hydrogen-bond donors (Lipinski definition) is 1. The van der Waals surface area contributed by atoms with Crippen molar-refractivity contribution < 1.29 is 23.7 Å². The third-order valence-electron chi connectivity index (χ3n) is 5.49. The third kappa shape index (κ3) is 7.25. The van der Waals surface area contributed by atoms with E-state index >= 15 is 0 Å². The van der Waals surface area contributed by atoms with E-state index in [-0.39, 0.29) is 17.7 Å². The van der Waals surface area contributed by atoms with Crippen LogP contribution in [0.1, 0.15) is 34.1 Å². The lowest BCUT2D eigenvalue weighted by Crippen LogP contribution is -2.33. The van der Waals surface area contributed by atoms with Crippen molar-refractivity contribution in [3.05, 3.63) is 36.4 Å². The molecule has 0 saturated carbocycles. The Hall–Kier alpha value is -3.53. The lowest BCUT2D eigenvalue weighted by molar-refractivity contribution is -0.119. The number of carbonyl (C=O) groups excluding carboxylic acids is 1. The summed E-state index contributed by atoms with van der Waals surface area (Å²) in [5, 5.41) is 12.2. The number of methoxy groups -OCH3 is 2. The van der Waals surface area contributed by atoms with Gasteiger partial charge in [0.15, 0.2) is 23.0 Å². The molecule has 0 aliphatic rings. The second kappa shape index (κ2) is 13.7. The van der Waals surface area contributed by atoms with E-state index in [0.29, 0.717) is 52.8 Å². The van der Waals surface area contributed by atoms with Crippen LogP contribution in [0.3, 0.4) is 0 Å². The molecule has 0 spiro atoms. The zero-order valence-electron chi connectivity index (χ0n) is 22.2. The van der Waals surface area contributed by atoms with Gasteiger partial charge in [0.2, 0.25) is 11.1 Å². The van der Waals surface area contributed by atoms with E-state index in [4.69, 9.17) is 23.9 Å². The number of ether oxygens (including phenoxy) is 4. The van der Waals surface area contributed by atoms with Crippen molar-refractivity contribution in [3.8, 4) is 45.5 Å². The Morgan fingerprint density at radius 1 is 0.865 bits per heavy atom. The van der Waals surface area contributed by atoms with Crippen molar-refractivity contribution in [2.45, 2.75) is 45.3 Å². The van der Waals surface area contributed by atoms with Crippen LogP contribution in [0.15, 0.2) is 41.6 Å². The summed E-state index contributed by atoms with van der Waals surface area (Å²) in [6.07, 6.45) is 0.860. The van der Waals surface area contributed by atoms with Crippen molar-refractivity contribution in [2.24, 2.45) is 0 Å². The van der Waals surface area contributed by atoms with Crippen molar-refractivity contribution in [2.75, 3.05) is 33.2 Å². The summed E-state index contributed by atoms with van der Waals surface area (Å²) in [6, 6.07) is 11.3.